The number of carbonyl (C=O) groups is 2. The lowest BCUT2D eigenvalue weighted by Crippen LogP contribution is -2.47. The number of aliphatic hydroxyl groups excluding tert-OH is 1. The molecule has 1 atom stereocenters. The molecule has 0 saturated carbocycles. The molecule has 2 aliphatic rings. The van der Waals surface area contributed by atoms with E-state index in [2.05, 4.69) is 0 Å². The summed E-state index contributed by atoms with van der Waals surface area (Å²) in [6, 6.07) is 3.68. The van der Waals surface area contributed by atoms with E-state index in [0.717, 1.165) is 12.1 Å². The Labute approximate surface area is 145 Å². The van der Waals surface area contributed by atoms with Crippen molar-refractivity contribution in [1.29, 1.82) is 0 Å². The lowest BCUT2D eigenvalue weighted by molar-refractivity contribution is -0.141. The second-order valence-electron chi connectivity index (χ2n) is 7.18. The van der Waals surface area contributed by atoms with Crippen LogP contribution in [0.1, 0.15) is 31.7 Å². The predicted octanol–water partition coefficient (Wildman–Crippen LogP) is 1.69. The molecule has 2 fully saturated rings. The number of nitrogens with zero attached hydrogens (tertiary/aromatic N) is 2. The maximum absolute atomic E-state index is 13.3. The number of carbonyl (C=O) groups excluding carboxylic acids is 2. The smallest absolute Gasteiger partial charge is 0.251 e. The highest BCUT2D eigenvalue weighted by Gasteiger charge is 2.45. The zero-order chi connectivity index (χ0) is 18.2. The Kier molecular flexibility index (Phi) is 4.77. The molecular weight excluding hydrogens is 330 g/mol. The molecule has 1 aromatic carbocycles. The first-order valence-electron chi connectivity index (χ1n) is 8.48. The van der Waals surface area contributed by atoms with E-state index in [4.69, 9.17) is 0 Å². The van der Waals surface area contributed by atoms with Crippen LogP contribution in [0.3, 0.4) is 0 Å². The average molecular weight is 352 g/mol. The number of rotatable bonds is 3. The minimum absolute atomic E-state index is 0.0000333. The molecular formula is C18H22F2N2O3. The molecule has 2 heterocycles. The highest BCUT2D eigenvalue weighted by molar-refractivity contribution is 5.81. The van der Waals surface area contributed by atoms with Crippen LogP contribution in [0.4, 0.5) is 8.78 Å². The molecule has 0 aliphatic carbocycles. The van der Waals surface area contributed by atoms with Crippen molar-refractivity contribution in [2.45, 2.75) is 38.8 Å². The topological polar surface area (TPSA) is 60.9 Å². The van der Waals surface area contributed by atoms with E-state index in [1.165, 1.54) is 13.0 Å². The zero-order valence-corrected chi connectivity index (χ0v) is 14.2. The van der Waals surface area contributed by atoms with E-state index in [-0.39, 0.29) is 23.8 Å². The van der Waals surface area contributed by atoms with Gasteiger partial charge in [-0.3, -0.25) is 9.59 Å². The summed E-state index contributed by atoms with van der Waals surface area (Å²) in [5, 5.41) is 9.41. The second-order valence-corrected chi connectivity index (χ2v) is 7.18. The van der Waals surface area contributed by atoms with Gasteiger partial charge < -0.3 is 14.9 Å². The van der Waals surface area contributed by atoms with E-state index in [1.807, 2.05) is 0 Å². The maximum Gasteiger partial charge on any atom is 0.251 e. The zero-order valence-electron chi connectivity index (χ0n) is 14.2. The number of benzene rings is 1. The van der Waals surface area contributed by atoms with Gasteiger partial charge in [0, 0.05) is 38.0 Å². The fraction of sp³-hybridized carbons (Fsp3) is 0.556. The van der Waals surface area contributed by atoms with Crippen molar-refractivity contribution in [3.63, 3.8) is 0 Å². The Morgan fingerprint density at radius 3 is 2.56 bits per heavy atom. The lowest BCUT2D eigenvalue weighted by atomic mass is 9.77. The van der Waals surface area contributed by atoms with Crippen LogP contribution in [0.5, 0.6) is 0 Å². The summed E-state index contributed by atoms with van der Waals surface area (Å²) in [5.74, 6) is -2.09. The number of aliphatic hydroxyl groups is 1. The molecule has 2 aliphatic heterocycles. The summed E-state index contributed by atoms with van der Waals surface area (Å²) in [4.78, 5) is 27.5. The van der Waals surface area contributed by atoms with Crippen LogP contribution in [-0.2, 0) is 16.1 Å². The quantitative estimate of drug-likeness (QED) is 0.901. The van der Waals surface area contributed by atoms with Crippen LogP contribution < -0.4 is 0 Å². The van der Waals surface area contributed by atoms with Crippen molar-refractivity contribution in [2.24, 2.45) is 5.41 Å². The van der Waals surface area contributed by atoms with Crippen molar-refractivity contribution in [3.05, 3.63) is 35.4 Å². The highest BCUT2D eigenvalue weighted by atomic mass is 19.2. The van der Waals surface area contributed by atoms with Crippen LogP contribution in [0, 0.1) is 17.0 Å². The van der Waals surface area contributed by atoms with Gasteiger partial charge >= 0.3 is 0 Å². The molecule has 25 heavy (non-hydrogen) atoms. The van der Waals surface area contributed by atoms with Gasteiger partial charge in [0.15, 0.2) is 11.6 Å². The molecule has 0 unspecified atom stereocenters. The molecule has 3 rings (SSSR count). The van der Waals surface area contributed by atoms with Crippen LogP contribution in [0.25, 0.3) is 0 Å². The van der Waals surface area contributed by atoms with Gasteiger partial charge in [-0.15, -0.1) is 0 Å². The summed E-state index contributed by atoms with van der Waals surface area (Å²) < 4.78 is 26.4. The van der Waals surface area contributed by atoms with Crippen molar-refractivity contribution < 1.29 is 23.5 Å². The number of halogens is 2. The van der Waals surface area contributed by atoms with E-state index in [1.54, 1.807) is 9.80 Å². The Bertz CT molecular complexity index is 685. The fourth-order valence-electron chi connectivity index (χ4n) is 3.78. The Morgan fingerprint density at radius 1 is 1.28 bits per heavy atom. The van der Waals surface area contributed by atoms with Crippen LogP contribution >= 0.6 is 0 Å². The summed E-state index contributed by atoms with van der Waals surface area (Å²) in [6.45, 7) is 3.32. The van der Waals surface area contributed by atoms with Crippen LogP contribution in [0.2, 0.25) is 0 Å². The van der Waals surface area contributed by atoms with Crippen molar-refractivity contribution in [2.75, 3.05) is 19.6 Å². The van der Waals surface area contributed by atoms with Crippen molar-refractivity contribution in [1.82, 2.24) is 9.80 Å². The predicted molar refractivity (Wildman–Crippen MR) is 86.3 cm³/mol. The monoisotopic (exact) mass is 352 g/mol. The van der Waals surface area contributed by atoms with E-state index < -0.39 is 17.7 Å². The third-order valence-corrected chi connectivity index (χ3v) is 5.26. The van der Waals surface area contributed by atoms with E-state index in [9.17, 15) is 23.5 Å². The van der Waals surface area contributed by atoms with Gasteiger partial charge in [-0.05, 0) is 37.5 Å². The van der Waals surface area contributed by atoms with Gasteiger partial charge in [-0.2, -0.15) is 0 Å². The summed E-state index contributed by atoms with van der Waals surface area (Å²) in [6.07, 6.45) is 0.800. The number of hydrogen-bond donors (Lipinski definition) is 1. The van der Waals surface area contributed by atoms with Gasteiger partial charge in [0.25, 0.3) is 5.91 Å². The molecule has 1 N–H and O–H groups in total. The third kappa shape index (κ3) is 3.66. The largest absolute Gasteiger partial charge is 0.384 e. The minimum atomic E-state index is -1.01. The third-order valence-electron chi connectivity index (χ3n) is 5.26. The highest BCUT2D eigenvalue weighted by Crippen LogP contribution is 2.41. The van der Waals surface area contributed by atoms with Gasteiger partial charge in [0.1, 0.15) is 6.10 Å². The van der Waals surface area contributed by atoms with Crippen molar-refractivity contribution >= 4 is 11.8 Å². The normalized spacial score (nSPS) is 21.0. The van der Waals surface area contributed by atoms with Crippen molar-refractivity contribution in [3.8, 4) is 0 Å². The molecule has 2 saturated heterocycles. The first kappa shape index (κ1) is 17.8. The van der Waals surface area contributed by atoms with E-state index >= 15 is 0 Å². The molecule has 0 radical (unpaired) electrons. The standard InChI is InChI=1S/C18H22F2N2O3/c1-12(23)17(25)21-6-4-18(5-7-21)9-16(24)22(11-18)10-13-2-3-14(19)15(20)8-13/h2-3,8,12,23H,4-7,9-11H2,1H3/t12-/m0/s1. The number of amides is 2. The molecule has 1 spiro atoms. The molecule has 0 bridgehead atoms. The second kappa shape index (κ2) is 6.71. The number of hydrogen-bond acceptors (Lipinski definition) is 3. The Balaban J connectivity index is 1.63. The number of likely N-dealkylation sites (tertiary alicyclic amines) is 2. The molecule has 136 valence electrons. The molecule has 2 amide bonds. The van der Waals surface area contributed by atoms with Crippen LogP contribution in [-0.4, -0.2) is 52.5 Å². The molecule has 7 heteroatoms. The molecule has 1 aromatic rings. The summed E-state index contributed by atoms with van der Waals surface area (Å²) in [5.41, 5.74) is 0.386. The average Bonchev–Trinajstić information content (AvgIpc) is 2.86. The first-order chi connectivity index (χ1) is 11.8. The fourth-order valence-corrected chi connectivity index (χ4v) is 3.78. The van der Waals surface area contributed by atoms with Crippen LogP contribution in [0.15, 0.2) is 18.2 Å². The molecule has 0 aromatic heterocycles. The Hall–Kier alpha value is -2.02. The Morgan fingerprint density at radius 2 is 1.96 bits per heavy atom. The van der Waals surface area contributed by atoms with Gasteiger partial charge in [0.05, 0.1) is 0 Å². The lowest BCUT2D eigenvalue weighted by Gasteiger charge is -2.39. The van der Waals surface area contributed by atoms with Gasteiger partial charge in [0.2, 0.25) is 5.91 Å². The summed E-state index contributed by atoms with van der Waals surface area (Å²) >= 11 is 0. The molecule has 5 nitrogen and oxygen atoms in total. The summed E-state index contributed by atoms with van der Waals surface area (Å²) in [7, 11) is 0. The maximum atomic E-state index is 13.3. The van der Waals surface area contributed by atoms with Gasteiger partial charge in [-0.25, -0.2) is 8.78 Å². The SMILES string of the molecule is C[C@H](O)C(=O)N1CCC2(CC1)CC(=O)N(Cc1ccc(F)c(F)c1)C2. The van der Waals surface area contributed by atoms with Gasteiger partial charge in [-0.1, -0.05) is 6.07 Å². The van der Waals surface area contributed by atoms with E-state index in [0.29, 0.717) is 44.5 Å². The minimum Gasteiger partial charge on any atom is -0.384 e. The number of piperidine rings is 1. The first-order valence-corrected chi connectivity index (χ1v) is 8.48.